The molecule has 6 aliphatic rings. The molecule has 0 aromatic heterocycles. The lowest BCUT2D eigenvalue weighted by atomic mass is 9.37. The lowest BCUT2D eigenvalue weighted by Crippen LogP contribution is -2.80. The summed E-state index contributed by atoms with van der Waals surface area (Å²) in [7, 11) is 5.51. The molecule has 1 saturated carbocycles. The van der Waals surface area contributed by atoms with Crippen LogP contribution in [0.5, 0.6) is 11.5 Å². The van der Waals surface area contributed by atoms with E-state index in [1.807, 2.05) is 6.07 Å². The van der Waals surface area contributed by atoms with Crippen molar-refractivity contribution < 1.29 is 28.5 Å². The van der Waals surface area contributed by atoms with Crippen molar-refractivity contribution in [3.8, 4) is 11.5 Å². The van der Waals surface area contributed by atoms with E-state index in [9.17, 15) is 9.59 Å². The number of carbonyl (C=O) groups excluding carboxylic acids is 2. The highest BCUT2D eigenvalue weighted by atomic mass is 16.6. The van der Waals surface area contributed by atoms with Crippen LogP contribution in [0.15, 0.2) is 24.3 Å². The topological polar surface area (TPSA) is 86.3 Å². The Morgan fingerprint density at radius 1 is 1.26 bits per heavy atom. The maximum Gasteiger partial charge on any atom is 0.325 e. The number of benzene rings is 1. The second-order valence-corrected chi connectivity index (χ2v) is 10.3. The quantitative estimate of drug-likeness (QED) is 0.501. The molecule has 1 aromatic rings. The summed E-state index contributed by atoms with van der Waals surface area (Å²) in [5.41, 5.74) is 1.04. The highest BCUT2D eigenvalue weighted by Crippen LogP contribution is 2.74. The Morgan fingerprint density at radius 2 is 2.09 bits per heavy atom. The minimum atomic E-state index is -0.945. The first-order valence-electron chi connectivity index (χ1n) is 12.1. The van der Waals surface area contributed by atoms with Crippen molar-refractivity contribution in [2.75, 3.05) is 41.0 Å². The molecule has 0 unspecified atom stereocenters. The van der Waals surface area contributed by atoms with Crippen LogP contribution in [0, 0.1) is 11.3 Å². The van der Waals surface area contributed by atoms with Crippen LogP contribution in [0.1, 0.15) is 30.9 Å². The summed E-state index contributed by atoms with van der Waals surface area (Å²) in [6.45, 7) is 2.83. The minimum Gasteiger partial charge on any atom is -0.493 e. The average molecular weight is 469 g/mol. The number of esters is 1. The first-order valence-corrected chi connectivity index (χ1v) is 12.1. The maximum absolute atomic E-state index is 13.6. The Hall–Kier alpha value is -2.58. The monoisotopic (exact) mass is 468 g/mol. The van der Waals surface area contributed by atoms with E-state index >= 15 is 0 Å². The van der Waals surface area contributed by atoms with E-state index < -0.39 is 17.5 Å². The Morgan fingerprint density at radius 3 is 2.82 bits per heavy atom. The van der Waals surface area contributed by atoms with Gasteiger partial charge in [0, 0.05) is 24.1 Å². The van der Waals surface area contributed by atoms with Crippen molar-refractivity contribution in [3.05, 3.63) is 35.4 Å². The number of methoxy groups -OCH3 is 2. The minimum absolute atomic E-state index is 0.155. The van der Waals surface area contributed by atoms with Crippen LogP contribution < -0.4 is 14.8 Å². The lowest BCUT2D eigenvalue weighted by molar-refractivity contribution is -0.213. The number of hydrogen-bond donors (Lipinski definition) is 1. The molecule has 34 heavy (non-hydrogen) atoms. The zero-order valence-electron chi connectivity index (χ0n) is 20.2. The van der Waals surface area contributed by atoms with Crippen molar-refractivity contribution >= 4 is 11.9 Å². The first-order chi connectivity index (χ1) is 16.4. The highest BCUT2D eigenvalue weighted by Gasteiger charge is 2.79. The number of fused-ring (bicyclic) bond motifs is 1. The molecule has 2 aliphatic heterocycles. The Balaban J connectivity index is 1.50. The third-order valence-corrected chi connectivity index (χ3v) is 9.31. The van der Waals surface area contributed by atoms with E-state index in [-0.39, 0.29) is 42.0 Å². The third-order valence-electron chi connectivity index (χ3n) is 9.31. The Bertz CT molecular complexity index is 1100. The van der Waals surface area contributed by atoms with Crippen LogP contribution in [-0.4, -0.2) is 75.5 Å². The largest absolute Gasteiger partial charge is 0.493 e. The zero-order chi connectivity index (χ0) is 23.9. The second-order valence-electron chi connectivity index (χ2n) is 10.3. The number of carbonyl (C=O) groups is 2. The van der Waals surface area contributed by atoms with Gasteiger partial charge >= 0.3 is 5.97 Å². The average Bonchev–Trinajstić information content (AvgIpc) is 3.22. The van der Waals surface area contributed by atoms with Gasteiger partial charge < -0.3 is 29.2 Å². The number of likely N-dealkylation sites (N-methyl/N-ethyl adjacent to an activating group) is 1. The summed E-state index contributed by atoms with van der Waals surface area (Å²) in [6.07, 6.45) is 6.49. The van der Waals surface area contributed by atoms with Gasteiger partial charge in [0.1, 0.15) is 18.2 Å². The molecule has 1 aromatic carbocycles. The fourth-order valence-corrected chi connectivity index (χ4v) is 8.00. The smallest absolute Gasteiger partial charge is 0.325 e. The lowest BCUT2D eigenvalue weighted by Gasteiger charge is -2.70. The van der Waals surface area contributed by atoms with Gasteiger partial charge in [-0.25, -0.2) is 0 Å². The molecule has 182 valence electrons. The number of hydrogen-bond acceptors (Lipinski definition) is 7. The van der Waals surface area contributed by atoms with Gasteiger partial charge in [-0.05, 0) is 51.4 Å². The van der Waals surface area contributed by atoms with Crippen LogP contribution in [-0.2, 0) is 30.9 Å². The summed E-state index contributed by atoms with van der Waals surface area (Å²) in [5.74, 6) is 0.387. The zero-order valence-corrected chi connectivity index (χ0v) is 20.2. The van der Waals surface area contributed by atoms with Crippen LogP contribution in [0.2, 0.25) is 0 Å². The summed E-state index contributed by atoms with van der Waals surface area (Å²) < 4.78 is 23.8. The molecule has 2 heterocycles. The van der Waals surface area contributed by atoms with Gasteiger partial charge in [-0.3, -0.25) is 9.59 Å². The number of nitrogens with one attached hydrogen (secondary N) is 1. The molecule has 0 radical (unpaired) electrons. The molecule has 1 N–H and O–H groups in total. The number of ether oxygens (including phenoxy) is 4. The van der Waals surface area contributed by atoms with Crippen LogP contribution >= 0.6 is 0 Å². The van der Waals surface area contributed by atoms with E-state index in [2.05, 4.69) is 35.5 Å². The number of piperidine rings is 1. The van der Waals surface area contributed by atoms with Gasteiger partial charge in [-0.1, -0.05) is 18.2 Å². The summed E-state index contributed by atoms with van der Waals surface area (Å²) in [4.78, 5) is 28.0. The number of likely N-dealkylation sites (tertiary alicyclic amines) is 1. The highest BCUT2D eigenvalue weighted by molar-refractivity contribution is 5.86. The fraction of sp³-hybridized carbons (Fsp3) is 0.615. The predicted octanol–water partition coefficient (Wildman–Crippen LogP) is 1.59. The molecular weight excluding hydrogens is 436 g/mol. The molecule has 6 atom stereocenters. The van der Waals surface area contributed by atoms with Crippen molar-refractivity contribution in [3.63, 3.8) is 0 Å². The van der Waals surface area contributed by atoms with E-state index in [0.717, 1.165) is 30.9 Å². The first kappa shape index (κ1) is 21.9. The SMILES string of the molecule is CCOC(=O)CNC(=O)[C@H]1C[C@]23C=C[C@]1(OC)[C@H]1Oc4c(OC)ccc5c4[C@@]12CCN(C)[C@@H]3C5. The molecule has 1 amide bonds. The number of rotatable bonds is 6. The molecule has 7 rings (SSSR count). The van der Waals surface area contributed by atoms with Crippen LogP contribution in [0.4, 0.5) is 0 Å². The molecule has 8 nitrogen and oxygen atoms in total. The van der Waals surface area contributed by atoms with E-state index in [1.165, 1.54) is 11.1 Å². The van der Waals surface area contributed by atoms with Crippen LogP contribution in [0.3, 0.4) is 0 Å². The molecule has 1 saturated heterocycles. The molecular formula is C26H32N2O6. The van der Waals surface area contributed by atoms with Gasteiger partial charge in [0.05, 0.1) is 25.0 Å². The van der Waals surface area contributed by atoms with Gasteiger partial charge in [-0.15, -0.1) is 0 Å². The maximum atomic E-state index is 13.6. The summed E-state index contributed by atoms with van der Waals surface area (Å²) >= 11 is 0. The van der Waals surface area contributed by atoms with E-state index in [1.54, 1.807) is 21.1 Å². The van der Waals surface area contributed by atoms with Crippen molar-refractivity contribution in [2.45, 2.75) is 49.3 Å². The normalized spacial score (nSPS) is 38.2. The van der Waals surface area contributed by atoms with E-state index in [0.29, 0.717) is 6.42 Å². The Kier molecular flexibility index (Phi) is 4.65. The number of amides is 1. The fourth-order valence-electron chi connectivity index (χ4n) is 8.00. The summed E-state index contributed by atoms with van der Waals surface area (Å²) in [6, 6.07) is 4.42. The molecule has 4 aliphatic carbocycles. The van der Waals surface area contributed by atoms with Crippen LogP contribution in [0.25, 0.3) is 0 Å². The number of nitrogens with zero attached hydrogens (tertiary/aromatic N) is 1. The predicted molar refractivity (Wildman–Crippen MR) is 123 cm³/mol. The third kappa shape index (κ3) is 2.36. The van der Waals surface area contributed by atoms with Gasteiger partial charge in [0.2, 0.25) is 5.91 Å². The van der Waals surface area contributed by atoms with Crippen molar-refractivity contribution in [2.24, 2.45) is 11.3 Å². The standard InChI is InChI=1S/C26H32N2O6/c1-5-33-19(29)14-27-22(30)16-13-24-8-9-26(16,32-4)23-25(24)10-11-28(2)18(24)12-15-6-7-17(31-3)21(34-23)20(15)25/h6-9,16,18,23H,5,10-14H2,1-4H3,(H,27,30)/t16-,18-,23+,24+,25+,26-/m1/s1. The Labute approximate surface area is 199 Å². The van der Waals surface area contributed by atoms with Gasteiger partial charge in [0.15, 0.2) is 11.5 Å². The molecule has 2 fully saturated rings. The second kappa shape index (κ2) is 7.21. The molecule has 2 spiro atoms. The van der Waals surface area contributed by atoms with Gasteiger partial charge in [0.25, 0.3) is 0 Å². The molecule has 8 heteroatoms. The van der Waals surface area contributed by atoms with Gasteiger partial charge in [-0.2, -0.15) is 0 Å². The van der Waals surface area contributed by atoms with Crippen molar-refractivity contribution in [1.82, 2.24) is 10.2 Å². The summed E-state index contributed by atoms with van der Waals surface area (Å²) in [5, 5.41) is 2.81. The van der Waals surface area contributed by atoms with Crippen molar-refractivity contribution in [1.29, 1.82) is 0 Å². The van der Waals surface area contributed by atoms with E-state index in [4.69, 9.17) is 18.9 Å². The molecule has 4 bridgehead atoms.